The molecule has 1 heterocycles. The highest BCUT2D eigenvalue weighted by atomic mass is 127. The highest BCUT2D eigenvalue weighted by Gasteiger charge is 2.82. The number of amides is 1. The molecule has 2 nitrogen and oxygen atoms in total. The Labute approximate surface area is 207 Å². The fourth-order valence-electron chi connectivity index (χ4n) is 4.08. The molecule has 1 aliphatic rings. The van der Waals surface area contributed by atoms with Gasteiger partial charge in [-0.1, -0.05) is 48.5 Å². The lowest BCUT2D eigenvalue weighted by Crippen LogP contribution is -2.62. The van der Waals surface area contributed by atoms with Gasteiger partial charge >= 0.3 is 23.9 Å². The lowest BCUT2D eigenvalue weighted by atomic mass is 9.69. The summed E-state index contributed by atoms with van der Waals surface area (Å²) in [5, 5.41) is 0. The predicted octanol–water partition coefficient (Wildman–Crippen LogP) is 7.83. The number of anilines is 1. The highest BCUT2D eigenvalue weighted by molar-refractivity contribution is 14.1. The number of nitrogens with zero attached hydrogens (tertiary/aromatic N) is 1. The van der Waals surface area contributed by atoms with E-state index >= 15 is 0 Å². The summed E-state index contributed by atoms with van der Waals surface area (Å²) < 4.78 is 123. The standard InChI is InChI=1S/C23H17F9INO/c1-19(12-20(24,25)21(26,27)22(28,29)23(30,31)32)16(17(33)13-8-4-3-5-9-13)14-10-6-7-11-15(14)34(2)18(19)35/h3-11H,12H2,1-2H3/b17-16+/t19-/m1/s1. The molecule has 0 fully saturated rings. The van der Waals surface area contributed by atoms with Crippen LogP contribution >= 0.6 is 22.6 Å². The molecule has 2 aromatic rings. The Morgan fingerprint density at radius 1 is 0.857 bits per heavy atom. The summed E-state index contributed by atoms with van der Waals surface area (Å²) in [4.78, 5) is 14.2. The Morgan fingerprint density at radius 2 is 1.37 bits per heavy atom. The van der Waals surface area contributed by atoms with E-state index in [4.69, 9.17) is 0 Å². The maximum atomic E-state index is 14.8. The lowest BCUT2D eigenvalue weighted by molar-refractivity contribution is -0.398. The number of benzene rings is 2. The summed E-state index contributed by atoms with van der Waals surface area (Å²) in [7, 11) is 1.17. The minimum atomic E-state index is -7.04. The minimum Gasteiger partial charge on any atom is -0.314 e. The van der Waals surface area contributed by atoms with Crippen molar-refractivity contribution in [1.29, 1.82) is 0 Å². The third-order valence-corrected chi connectivity index (χ3v) is 7.06. The van der Waals surface area contributed by atoms with Crippen LogP contribution < -0.4 is 4.90 Å². The van der Waals surface area contributed by atoms with Gasteiger partial charge in [0.25, 0.3) is 0 Å². The number of carbonyl (C=O) groups excluding carboxylic acids is 1. The molecule has 0 saturated heterocycles. The van der Waals surface area contributed by atoms with Gasteiger partial charge in [0.1, 0.15) is 0 Å². The van der Waals surface area contributed by atoms with Crippen LogP contribution in [0.4, 0.5) is 45.2 Å². The van der Waals surface area contributed by atoms with Crippen LogP contribution in [0.5, 0.6) is 0 Å². The van der Waals surface area contributed by atoms with Gasteiger partial charge in [-0.15, -0.1) is 0 Å². The van der Waals surface area contributed by atoms with Crippen LogP contribution in [-0.2, 0) is 4.79 Å². The van der Waals surface area contributed by atoms with Crippen LogP contribution in [0.25, 0.3) is 9.15 Å². The van der Waals surface area contributed by atoms with Gasteiger partial charge in [-0.2, -0.15) is 39.5 Å². The average Bonchev–Trinajstić information content (AvgIpc) is 2.77. The molecule has 1 atom stereocenters. The smallest absolute Gasteiger partial charge is 0.314 e. The van der Waals surface area contributed by atoms with E-state index in [0.717, 1.165) is 11.8 Å². The van der Waals surface area contributed by atoms with Crippen molar-refractivity contribution in [2.24, 2.45) is 5.41 Å². The van der Waals surface area contributed by atoms with Gasteiger partial charge < -0.3 is 4.90 Å². The molecule has 2 aromatic carbocycles. The van der Waals surface area contributed by atoms with Crippen LogP contribution in [0.15, 0.2) is 54.6 Å². The number of fused-ring (bicyclic) bond motifs is 1. The number of alkyl halides is 9. The van der Waals surface area contributed by atoms with Crippen molar-refractivity contribution in [3.8, 4) is 0 Å². The number of rotatable bonds is 5. The first-order chi connectivity index (χ1) is 15.9. The second kappa shape index (κ2) is 8.70. The van der Waals surface area contributed by atoms with Gasteiger partial charge in [0.15, 0.2) is 0 Å². The lowest BCUT2D eigenvalue weighted by Gasteiger charge is -2.44. The molecular formula is C23H17F9INO. The van der Waals surface area contributed by atoms with Crippen LogP contribution in [0.2, 0.25) is 0 Å². The topological polar surface area (TPSA) is 20.3 Å². The van der Waals surface area contributed by atoms with E-state index in [1.54, 1.807) is 52.9 Å². The Morgan fingerprint density at radius 3 is 1.91 bits per heavy atom. The fourth-order valence-corrected chi connectivity index (χ4v) is 5.32. The Bertz CT molecular complexity index is 1160. The zero-order valence-electron chi connectivity index (χ0n) is 18.0. The Kier molecular flexibility index (Phi) is 6.79. The molecular weight excluding hydrogens is 604 g/mol. The summed E-state index contributed by atoms with van der Waals surface area (Å²) in [5.74, 6) is -21.0. The molecule has 0 aliphatic carbocycles. The van der Waals surface area contributed by atoms with E-state index in [1.165, 1.54) is 31.3 Å². The van der Waals surface area contributed by atoms with Crippen molar-refractivity contribution < 1.29 is 44.3 Å². The molecule has 0 aromatic heterocycles. The van der Waals surface area contributed by atoms with Crippen molar-refractivity contribution in [3.63, 3.8) is 0 Å². The number of carbonyl (C=O) groups is 1. The van der Waals surface area contributed by atoms with E-state index in [9.17, 15) is 44.3 Å². The summed E-state index contributed by atoms with van der Waals surface area (Å²) >= 11 is 1.72. The average molecular weight is 621 g/mol. The number of hydrogen-bond donors (Lipinski definition) is 0. The van der Waals surface area contributed by atoms with E-state index in [2.05, 4.69) is 0 Å². The van der Waals surface area contributed by atoms with Crippen molar-refractivity contribution in [1.82, 2.24) is 0 Å². The van der Waals surface area contributed by atoms with Gasteiger partial charge in [-0.05, 0) is 46.7 Å². The van der Waals surface area contributed by atoms with E-state index < -0.39 is 41.7 Å². The molecule has 190 valence electrons. The fraction of sp³-hybridized carbons (Fsp3) is 0.348. The number of hydrogen-bond acceptors (Lipinski definition) is 1. The molecule has 1 aliphatic heterocycles. The normalized spacial score (nSPS) is 21.1. The van der Waals surface area contributed by atoms with Crippen LogP contribution in [0.3, 0.4) is 0 Å². The summed E-state index contributed by atoms with van der Waals surface area (Å²) in [6.07, 6.45) is -9.25. The van der Waals surface area contributed by atoms with Crippen LogP contribution in [0, 0.1) is 5.41 Å². The van der Waals surface area contributed by atoms with Crippen molar-refractivity contribution >= 4 is 43.3 Å². The SMILES string of the molecule is CN1C(=O)[C@](C)(CC(F)(F)C(F)(F)C(F)(F)C(F)(F)F)/C(=C(/I)c2ccccc2)c2ccccc21. The van der Waals surface area contributed by atoms with Gasteiger partial charge in [0.05, 0.1) is 11.1 Å². The largest absolute Gasteiger partial charge is 0.460 e. The highest BCUT2D eigenvalue weighted by Crippen LogP contribution is 2.60. The molecule has 0 saturated carbocycles. The first-order valence-corrected chi connectivity index (χ1v) is 11.0. The van der Waals surface area contributed by atoms with E-state index in [1.807, 2.05) is 0 Å². The third kappa shape index (κ3) is 4.20. The van der Waals surface area contributed by atoms with Crippen molar-refractivity contribution in [2.75, 3.05) is 11.9 Å². The van der Waals surface area contributed by atoms with Gasteiger partial charge in [-0.3, -0.25) is 4.79 Å². The quantitative estimate of drug-likeness (QED) is 0.246. The number of para-hydroxylation sites is 1. The Balaban J connectivity index is 2.28. The summed E-state index contributed by atoms with van der Waals surface area (Å²) in [6.45, 7) is 0.842. The maximum Gasteiger partial charge on any atom is 0.460 e. The van der Waals surface area contributed by atoms with Gasteiger partial charge in [0.2, 0.25) is 5.91 Å². The van der Waals surface area contributed by atoms with E-state index in [0.29, 0.717) is 5.56 Å². The molecule has 35 heavy (non-hydrogen) atoms. The predicted molar refractivity (Wildman–Crippen MR) is 121 cm³/mol. The molecule has 0 radical (unpaired) electrons. The van der Waals surface area contributed by atoms with E-state index in [-0.39, 0.29) is 20.4 Å². The van der Waals surface area contributed by atoms with Gasteiger partial charge in [-0.25, -0.2) is 0 Å². The Hall–Kier alpha value is -2.25. The molecule has 12 heteroatoms. The molecule has 3 rings (SSSR count). The minimum absolute atomic E-state index is 0.168. The summed E-state index contributed by atoms with van der Waals surface area (Å²) in [5.41, 5.74) is -1.98. The zero-order valence-corrected chi connectivity index (χ0v) is 20.2. The molecule has 0 spiro atoms. The first kappa shape index (κ1) is 27.3. The second-order valence-electron chi connectivity index (χ2n) is 8.30. The maximum absolute atomic E-state index is 14.8. The summed E-state index contributed by atoms with van der Waals surface area (Å²) in [6, 6.07) is 13.8. The van der Waals surface area contributed by atoms with Crippen LogP contribution in [0.1, 0.15) is 24.5 Å². The van der Waals surface area contributed by atoms with Crippen LogP contribution in [-0.4, -0.2) is 36.9 Å². The zero-order chi connectivity index (χ0) is 26.6. The van der Waals surface area contributed by atoms with Crippen molar-refractivity contribution in [2.45, 2.75) is 37.3 Å². The first-order valence-electron chi connectivity index (χ1n) is 9.93. The molecule has 0 unspecified atom stereocenters. The monoisotopic (exact) mass is 621 g/mol. The number of halogens is 10. The second-order valence-corrected chi connectivity index (χ2v) is 9.37. The molecule has 1 amide bonds. The third-order valence-electron chi connectivity index (χ3n) is 5.90. The van der Waals surface area contributed by atoms with Gasteiger partial charge in [0, 0.05) is 22.6 Å². The van der Waals surface area contributed by atoms with Crippen molar-refractivity contribution in [3.05, 3.63) is 65.7 Å². The molecule has 0 bridgehead atoms. The molecule has 0 N–H and O–H groups in total.